The Morgan fingerprint density at radius 1 is 1.26 bits per heavy atom. The van der Waals surface area contributed by atoms with Gasteiger partial charge in [0, 0.05) is 17.7 Å². The van der Waals surface area contributed by atoms with Crippen molar-refractivity contribution in [2.24, 2.45) is 11.8 Å². The molecule has 0 aliphatic heterocycles. The Balaban J connectivity index is 3.02. The molecule has 1 N–H and O–H groups in total. The topological polar surface area (TPSA) is 21.3 Å². The number of ether oxygens (including phenoxy) is 1. The van der Waals surface area contributed by atoms with Crippen LogP contribution in [0.15, 0.2) is 18.2 Å². The normalized spacial score (nSPS) is 14.5. The summed E-state index contributed by atoms with van der Waals surface area (Å²) in [6, 6.07) is 5.17. The van der Waals surface area contributed by atoms with Crippen LogP contribution in [0.25, 0.3) is 0 Å². The molecule has 0 amide bonds. The van der Waals surface area contributed by atoms with Crippen LogP contribution in [0.4, 0.5) is 4.39 Å². The summed E-state index contributed by atoms with van der Waals surface area (Å²) in [5, 5.41) is 3.46. The van der Waals surface area contributed by atoms with Gasteiger partial charge >= 0.3 is 0 Å². The van der Waals surface area contributed by atoms with Crippen LogP contribution in [0.1, 0.15) is 45.7 Å². The molecule has 1 aromatic rings. The van der Waals surface area contributed by atoms with Crippen molar-refractivity contribution in [1.82, 2.24) is 5.32 Å². The average Bonchev–Trinajstić information content (AvgIpc) is 2.39. The first-order valence-corrected chi connectivity index (χ1v) is 7.08. The number of methoxy groups -OCH3 is 1. The monoisotopic (exact) mass is 267 g/mol. The Morgan fingerprint density at radius 3 is 2.42 bits per heavy atom. The lowest BCUT2D eigenvalue weighted by atomic mass is 9.85. The zero-order valence-electron chi connectivity index (χ0n) is 12.7. The van der Waals surface area contributed by atoms with Crippen molar-refractivity contribution < 1.29 is 9.13 Å². The lowest BCUT2D eigenvalue weighted by Crippen LogP contribution is -2.31. The highest BCUT2D eigenvalue weighted by Crippen LogP contribution is 2.31. The highest BCUT2D eigenvalue weighted by Gasteiger charge is 2.24. The van der Waals surface area contributed by atoms with Crippen LogP contribution in [-0.2, 0) is 0 Å². The second-order valence-corrected chi connectivity index (χ2v) is 5.42. The molecule has 1 rings (SSSR count). The number of hydrogen-bond donors (Lipinski definition) is 1. The standard InChI is InChI=1S/C16H26FNO/c1-6-9-18-16(12(4)11(2)3)14-8-7-13(19-5)10-15(14)17/h7-8,10-12,16,18H,6,9H2,1-5H3. The van der Waals surface area contributed by atoms with Gasteiger partial charge in [-0.1, -0.05) is 33.8 Å². The summed E-state index contributed by atoms with van der Waals surface area (Å²) in [7, 11) is 1.55. The van der Waals surface area contributed by atoms with Gasteiger partial charge in [0.2, 0.25) is 0 Å². The summed E-state index contributed by atoms with van der Waals surface area (Å²) in [6.45, 7) is 9.53. The van der Waals surface area contributed by atoms with E-state index in [0.29, 0.717) is 17.6 Å². The Morgan fingerprint density at radius 2 is 1.95 bits per heavy atom. The zero-order valence-corrected chi connectivity index (χ0v) is 12.7. The van der Waals surface area contributed by atoms with Gasteiger partial charge in [-0.25, -0.2) is 4.39 Å². The van der Waals surface area contributed by atoms with E-state index in [9.17, 15) is 4.39 Å². The van der Waals surface area contributed by atoms with Crippen LogP contribution in [0.3, 0.4) is 0 Å². The van der Waals surface area contributed by atoms with Gasteiger partial charge < -0.3 is 10.1 Å². The molecule has 3 heteroatoms. The first-order valence-electron chi connectivity index (χ1n) is 7.08. The molecule has 1 aromatic carbocycles. The van der Waals surface area contributed by atoms with Gasteiger partial charge in [0.1, 0.15) is 11.6 Å². The van der Waals surface area contributed by atoms with Crippen LogP contribution in [-0.4, -0.2) is 13.7 Å². The molecule has 0 bridgehead atoms. The van der Waals surface area contributed by atoms with E-state index in [1.54, 1.807) is 7.11 Å². The molecule has 2 atom stereocenters. The molecule has 2 unspecified atom stereocenters. The molecule has 0 radical (unpaired) electrons. The fourth-order valence-electron chi connectivity index (χ4n) is 2.15. The van der Waals surface area contributed by atoms with E-state index in [-0.39, 0.29) is 11.9 Å². The van der Waals surface area contributed by atoms with Crippen LogP contribution >= 0.6 is 0 Å². The molecular formula is C16H26FNO. The summed E-state index contributed by atoms with van der Waals surface area (Å²) in [5.74, 6) is 1.23. The van der Waals surface area contributed by atoms with Crippen LogP contribution in [0.5, 0.6) is 5.75 Å². The molecule has 19 heavy (non-hydrogen) atoms. The second-order valence-electron chi connectivity index (χ2n) is 5.42. The first kappa shape index (κ1) is 16.0. The lowest BCUT2D eigenvalue weighted by Gasteiger charge is -2.29. The maximum Gasteiger partial charge on any atom is 0.131 e. The van der Waals surface area contributed by atoms with E-state index >= 15 is 0 Å². The summed E-state index contributed by atoms with van der Waals surface area (Å²) in [6.07, 6.45) is 1.04. The molecule has 0 fully saturated rings. The van der Waals surface area contributed by atoms with E-state index in [0.717, 1.165) is 18.5 Å². The van der Waals surface area contributed by atoms with Crippen molar-refractivity contribution in [3.63, 3.8) is 0 Å². The van der Waals surface area contributed by atoms with Crippen molar-refractivity contribution in [3.05, 3.63) is 29.6 Å². The predicted octanol–water partition coefficient (Wildman–Crippen LogP) is 4.17. The number of rotatable bonds is 7. The molecule has 0 spiro atoms. The van der Waals surface area contributed by atoms with Gasteiger partial charge in [0.05, 0.1) is 7.11 Å². The fourth-order valence-corrected chi connectivity index (χ4v) is 2.15. The number of hydrogen-bond acceptors (Lipinski definition) is 2. The molecule has 2 nitrogen and oxygen atoms in total. The summed E-state index contributed by atoms with van der Waals surface area (Å²) >= 11 is 0. The summed E-state index contributed by atoms with van der Waals surface area (Å²) < 4.78 is 19.3. The third kappa shape index (κ3) is 4.20. The molecule has 0 aliphatic rings. The quantitative estimate of drug-likeness (QED) is 0.800. The van der Waals surface area contributed by atoms with Crippen LogP contribution in [0.2, 0.25) is 0 Å². The maximum absolute atomic E-state index is 14.2. The van der Waals surface area contributed by atoms with Crippen LogP contribution in [0, 0.1) is 17.7 Å². The molecular weight excluding hydrogens is 241 g/mol. The summed E-state index contributed by atoms with van der Waals surface area (Å²) in [4.78, 5) is 0. The smallest absolute Gasteiger partial charge is 0.131 e. The fraction of sp³-hybridized carbons (Fsp3) is 0.625. The number of nitrogens with one attached hydrogen (secondary N) is 1. The van der Waals surface area contributed by atoms with Crippen molar-refractivity contribution in [2.75, 3.05) is 13.7 Å². The first-order chi connectivity index (χ1) is 9.01. The van der Waals surface area contributed by atoms with Crippen molar-refractivity contribution >= 4 is 0 Å². The highest BCUT2D eigenvalue weighted by atomic mass is 19.1. The maximum atomic E-state index is 14.2. The SMILES string of the molecule is CCCNC(c1ccc(OC)cc1F)C(C)C(C)C. The Bertz CT molecular complexity index is 392. The van der Waals surface area contributed by atoms with Gasteiger partial charge in [-0.3, -0.25) is 0 Å². The third-order valence-corrected chi connectivity index (χ3v) is 3.73. The average molecular weight is 267 g/mol. The van der Waals surface area contributed by atoms with E-state index in [2.05, 4.69) is 33.0 Å². The van der Waals surface area contributed by atoms with E-state index < -0.39 is 0 Å². The van der Waals surface area contributed by atoms with Gasteiger partial charge in [-0.2, -0.15) is 0 Å². The van der Waals surface area contributed by atoms with Crippen molar-refractivity contribution in [2.45, 2.75) is 40.2 Å². The number of halogens is 1. The van der Waals surface area contributed by atoms with E-state index in [1.807, 2.05) is 12.1 Å². The minimum absolute atomic E-state index is 0.0471. The van der Waals surface area contributed by atoms with E-state index in [1.165, 1.54) is 6.07 Å². The molecule has 108 valence electrons. The van der Waals surface area contributed by atoms with Crippen molar-refractivity contribution in [3.8, 4) is 5.75 Å². The highest BCUT2D eigenvalue weighted by molar-refractivity contribution is 5.31. The minimum atomic E-state index is -0.194. The number of benzene rings is 1. The van der Waals surface area contributed by atoms with Crippen molar-refractivity contribution in [1.29, 1.82) is 0 Å². The molecule has 0 saturated heterocycles. The molecule has 0 aromatic heterocycles. The molecule has 0 aliphatic carbocycles. The minimum Gasteiger partial charge on any atom is -0.497 e. The Labute approximate surface area is 116 Å². The largest absolute Gasteiger partial charge is 0.497 e. The van der Waals surface area contributed by atoms with E-state index in [4.69, 9.17) is 4.74 Å². The van der Waals surface area contributed by atoms with Gasteiger partial charge in [0.25, 0.3) is 0 Å². The Kier molecular flexibility index (Phi) is 6.29. The predicted molar refractivity (Wildman–Crippen MR) is 78.0 cm³/mol. The lowest BCUT2D eigenvalue weighted by molar-refractivity contribution is 0.297. The van der Waals surface area contributed by atoms with Gasteiger partial charge in [-0.05, 0) is 30.9 Å². The third-order valence-electron chi connectivity index (χ3n) is 3.73. The summed E-state index contributed by atoms with van der Waals surface area (Å²) in [5.41, 5.74) is 0.732. The van der Waals surface area contributed by atoms with Gasteiger partial charge in [0.15, 0.2) is 0 Å². The molecule has 0 heterocycles. The zero-order chi connectivity index (χ0) is 14.4. The van der Waals surface area contributed by atoms with Crippen LogP contribution < -0.4 is 10.1 Å². The molecule has 0 saturated carbocycles. The second kappa shape index (κ2) is 7.49. The van der Waals surface area contributed by atoms with Gasteiger partial charge in [-0.15, -0.1) is 0 Å². The Hall–Kier alpha value is -1.09.